The summed E-state index contributed by atoms with van der Waals surface area (Å²) in [6.45, 7) is 2.85. The SMILES string of the molecule is CC#CC(=O)N1CC[C@@H](c2nc(C#Cc3cc(OC)cc(OC)c3)c3c(N)nccn23)C1. The van der Waals surface area contributed by atoms with Crippen LogP contribution in [0.1, 0.15) is 36.3 Å². The van der Waals surface area contributed by atoms with Gasteiger partial charge in [-0.25, -0.2) is 9.97 Å². The molecule has 0 saturated carbocycles. The van der Waals surface area contributed by atoms with Gasteiger partial charge in [-0.2, -0.15) is 0 Å². The number of hydrogen-bond acceptors (Lipinski definition) is 6. The molecule has 162 valence electrons. The van der Waals surface area contributed by atoms with Crippen molar-refractivity contribution in [1.82, 2.24) is 19.3 Å². The summed E-state index contributed by atoms with van der Waals surface area (Å²) < 4.78 is 12.6. The lowest BCUT2D eigenvalue weighted by molar-refractivity contribution is -0.124. The van der Waals surface area contributed by atoms with Crippen LogP contribution in [0.25, 0.3) is 5.52 Å². The molecule has 4 rings (SSSR count). The predicted molar refractivity (Wildman–Crippen MR) is 120 cm³/mol. The van der Waals surface area contributed by atoms with Gasteiger partial charge in [-0.3, -0.25) is 9.20 Å². The first-order chi connectivity index (χ1) is 15.5. The highest BCUT2D eigenvalue weighted by Crippen LogP contribution is 2.29. The summed E-state index contributed by atoms with van der Waals surface area (Å²) in [5.41, 5.74) is 8.09. The lowest BCUT2D eigenvalue weighted by atomic mass is 10.1. The molecule has 0 spiro atoms. The van der Waals surface area contributed by atoms with Gasteiger partial charge in [0.25, 0.3) is 5.91 Å². The Morgan fingerprint density at radius 2 is 1.94 bits per heavy atom. The molecular weight excluding hydrogens is 406 g/mol. The molecule has 1 fully saturated rings. The van der Waals surface area contributed by atoms with Gasteiger partial charge < -0.3 is 20.1 Å². The van der Waals surface area contributed by atoms with E-state index in [-0.39, 0.29) is 11.8 Å². The molecule has 3 heterocycles. The summed E-state index contributed by atoms with van der Waals surface area (Å²) in [7, 11) is 3.19. The zero-order valence-corrected chi connectivity index (χ0v) is 18.2. The second kappa shape index (κ2) is 8.91. The average Bonchev–Trinajstić information content (AvgIpc) is 3.43. The number of carbonyl (C=O) groups is 1. The van der Waals surface area contributed by atoms with Gasteiger partial charge in [0.05, 0.1) is 14.2 Å². The van der Waals surface area contributed by atoms with Crippen LogP contribution in [0, 0.1) is 23.7 Å². The quantitative estimate of drug-likeness (QED) is 0.641. The zero-order chi connectivity index (χ0) is 22.7. The van der Waals surface area contributed by atoms with Crippen LogP contribution in [0.2, 0.25) is 0 Å². The Morgan fingerprint density at radius 3 is 2.62 bits per heavy atom. The highest BCUT2D eigenvalue weighted by Gasteiger charge is 2.30. The molecule has 1 saturated heterocycles. The smallest absolute Gasteiger partial charge is 0.298 e. The number of nitrogen functional groups attached to an aromatic ring is 1. The molecule has 8 nitrogen and oxygen atoms in total. The van der Waals surface area contributed by atoms with E-state index in [4.69, 9.17) is 20.2 Å². The number of carbonyl (C=O) groups excluding carboxylic acids is 1. The summed E-state index contributed by atoms with van der Waals surface area (Å²) in [6.07, 6.45) is 4.25. The van der Waals surface area contributed by atoms with Gasteiger partial charge in [-0.15, -0.1) is 0 Å². The topological polar surface area (TPSA) is 95.0 Å². The van der Waals surface area contributed by atoms with E-state index in [1.165, 1.54) is 0 Å². The Labute approximate surface area is 186 Å². The minimum absolute atomic E-state index is 0.0550. The highest BCUT2D eigenvalue weighted by atomic mass is 16.5. The maximum absolute atomic E-state index is 12.2. The largest absolute Gasteiger partial charge is 0.497 e. The highest BCUT2D eigenvalue weighted by molar-refractivity contribution is 5.93. The van der Waals surface area contributed by atoms with Crippen LogP contribution >= 0.6 is 0 Å². The molecule has 1 aliphatic rings. The number of nitrogens with two attached hydrogens (primary N) is 1. The van der Waals surface area contributed by atoms with E-state index >= 15 is 0 Å². The first-order valence-electron chi connectivity index (χ1n) is 10.1. The van der Waals surface area contributed by atoms with Crippen LogP contribution in [-0.2, 0) is 4.79 Å². The molecule has 2 N–H and O–H groups in total. The van der Waals surface area contributed by atoms with Crippen molar-refractivity contribution >= 4 is 17.2 Å². The van der Waals surface area contributed by atoms with Crippen LogP contribution in [0.4, 0.5) is 5.82 Å². The molecule has 0 unspecified atom stereocenters. The minimum atomic E-state index is -0.163. The van der Waals surface area contributed by atoms with Gasteiger partial charge in [-0.05, 0) is 37.3 Å². The van der Waals surface area contributed by atoms with Crippen LogP contribution in [0.15, 0.2) is 30.6 Å². The number of benzene rings is 1. The summed E-state index contributed by atoms with van der Waals surface area (Å²) in [4.78, 5) is 22.9. The summed E-state index contributed by atoms with van der Waals surface area (Å²) in [5.74, 6) is 13.9. The number of nitrogens with zero attached hydrogens (tertiary/aromatic N) is 4. The fraction of sp³-hybridized carbons (Fsp3) is 0.292. The van der Waals surface area contributed by atoms with Crippen molar-refractivity contribution in [2.24, 2.45) is 0 Å². The molecule has 8 heteroatoms. The number of amides is 1. The standard InChI is InChI=1S/C24H23N5O3/c1-4-5-21(30)28-10-8-17(15-28)24-27-20(22-23(25)26-9-11-29(22)24)7-6-16-12-18(31-2)14-19(13-16)32-3/h9,11-14,17H,8,10,15H2,1-3H3,(H2,25,26)/t17-/m1/s1. The third-order valence-corrected chi connectivity index (χ3v) is 5.36. The van der Waals surface area contributed by atoms with Crippen molar-refractivity contribution < 1.29 is 14.3 Å². The maximum Gasteiger partial charge on any atom is 0.298 e. The Bertz CT molecular complexity index is 1280. The Hall–Kier alpha value is -4.17. The van der Waals surface area contributed by atoms with Crippen molar-refractivity contribution in [1.29, 1.82) is 0 Å². The zero-order valence-electron chi connectivity index (χ0n) is 18.2. The van der Waals surface area contributed by atoms with Crippen molar-refractivity contribution in [2.45, 2.75) is 19.3 Å². The molecule has 1 aliphatic heterocycles. The lowest BCUT2D eigenvalue weighted by Crippen LogP contribution is -2.27. The van der Waals surface area contributed by atoms with E-state index in [9.17, 15) is 4.79 Å². The van der Waals surface area contributed by atoms with E-state index in [2.05, 4.69) is 28.7 Å². The fourth-order valence-electron chi connectivity index (χ4n) is 3.81. The van der Waals surface area contributed by atoms with Gasteiger partial charge in [-0.1, -0.05) is 11.8 Å². The van der Waals surface area contributed by atoms with E-state index < -0.39 is 0 Å². The predicted octanol–water partition coefficient (Wildman–Crippen LogP) is 2.07. The number of anilines is 1. The Kier molecular flexibility index (Phi) is 5.87. The average molecular weight is 429 g/mol. The maximum atomic E-state index is 12.2. The van der Waals surface area contributed by atoms with E-state index in [1.807, 2.05) is 22.7 Å². The minimum Gasteiger partial charge on any atom is -0.497 e. The first kappa shape index (κ1) is 21.1. The number of methoxy groups -OCH3 is 2. The van der Waals surface area contributed by atoms with Crippen LogP contribution in [0.3, 0.4) is 0 Å². The van der Waals surface area contributed by atoms with Crippen molar-refractivity contribution in [2.75, 3.05) is 33.0 Å². The molecule has 32 heavy (non-hydrogen) atoms. The third kappa shape index (κ3) is 4.03. The molecule has 1 atom stereocenters. The Balaban J connectivity index is 1.73. The van der Waals surface area contributed by atoms with Crippen LogP contribution in [0.5, 0.6) is 11.5 Å². The second-order valence-corrected chi connectivity index (χ2v) is 7.31. The number of likely N-dealkylation sites (tertiary alicyclic amines) is 1. The summed E-state index contributed by atoms with van der Waals surface area (Å²) >= 11 is 0. The molecule has 1 amide bonds. The summed E-state index contributed by atoms with van der Waals surface area (Å²) in [6, 6.07) is 5.43. The molecule has 2 aromatic heterocycles. The van der Waals surface area contributed by atoms with E-state index in [0.717, 1.165) is 17.8 Å². The number of imidazole rings is 1. The van der Waals surface area contributed by atoms with Gasteiger partial charge in [0.1, 0.15) is 28.5 Å². The number of hydrogen-bond donors (Lipinski definition) is 1. The van der Waals surface area contributed by atoms with Crippen LogP contribution in [-0.4, -0.2) is 52.5 Å². The van der Waals surface area contributed by atoms with Crippen LogP contribution < -0.4 is 15.2 Å². The number of rotatable bonds is 3. The lowest BCUT2D eigenvalue weighted by Gasteiger charge is -2.12. The first-order valence-corrected chi connectivity index (χ1v) is 10.1. The number of aromatic nitrogens is 3. The van der Waals surface area contributed by atoms with E-state index in [0.29, 0.717) is 41.6 Å². The molecule has 1 aromatic carbocycles. The number of fused-ring (bicyclic) bond motifs is 1. The molecule has 0 aliphatic carbocycles. The van der Waals surface area contributed by atoms with Gasteiger partial charge in [0.2, 0.25) is 0 Å². The van der Waals surface area contributed by atoms with Gasteiger partial charge in [0, 0.05) is 43.0 Å². The Morgan fingerprint density at radius 1 is 1.19 bits per heavy atom. The molecule has 0 bridgehead atoms. The van der Waals surface area contributed by atoms with Crippen molar-refractivity contribution in [3.05, 3.63) is 47.7 Å². The fourth-order valence-corrected chi connectivity index (χ4v) is 3.81. The monoisotopic (exact) mass is 429 g/mol. The molecular formula is C24H23N5O3. The number of ether oxygens (including phenoxy) is 2. The summed E-state index contributed by atoms with van der Waals surface area (Å²) in [5, 5.41) is 0. The normalized spacial score (nSPS) is 15.0. The third-order valence-electron chi connectivity index (χ3n) is 5.36. The van der Waals surface area contributed by atoms with Gasteiger partial charge >= 0.3 is 0 Å². The second-order valence-electron chi connectivity index (χ2n) is 7.31. The van der Waals surface area contributed by atoms with Crippen molar-refractivity contribution in [3.8, 4) is 35.2 Å². The van der Waals surface area contributed by atoms with Gasteiger partial charge in [0.15, 0.2) is 5.82 Å². The van der Waals surface area contributed by atoms with Crippen molar-refractivity contribution in [3.63, 3.8) is 0 Å². The van der Waals surface area contributed by atoms with E-state index in [1.54, 1.807) is 38.3 Å². The molecule has 0 radical (unpaired) electrons. The molecule has 3 aromatic rings.